The molecule has 0 heterocycles. The molecule has 0 aliphatic rings. The standard InChI is InChI=1S/C19H23F2N3O4S/c1-12(15-7-5-13(20)9-16(15)21)22-11-19(25)23-17-10-14(6-8-18(17)28-4)29(26,27)24(2)3/h5-10,12,22H,11H2,1-4H3,(H,23,25). The van der Waals surface area contributed by atoms with Crippen LogP contribution in [0.1, 0.15) is 18.5 Å². The zero-order chi connectivity index (χ0) is 21.8. The van der Waals surface area contributed by atoms with Gasteiger partial charge in [-0.3, -0.25) is 4.79 Å². The van der Waals surface area contributed by atoms with Crippen molar-refractivity contribution in [3.05, 3.63) is 53.6 Å². The summed E-state index contributed by atoms with van der Waals surface area (Å²) in [7, 11) is 0.501. The zero-order valence-corrected chi connectivity index (χ0v) is 17.3. The number of sulfonamides is 1. The second kappa shape index (κ2) is 9.29. The molecule has 2 aromatic rings. The highest BCUT2D eigenvalue weighted by atomic mass is 32.2. The van der Waals surface area contributed by atoms with Gasteiger partial charge in [-0.05, 0) is 31.2 Å². The minimum Gasteiger partial charge on any atom is -0.495 e. The van der Waals surface area contributed by atoms with E-state index in [4.69, 9.17) is 4.74 Å². The molecule has 0 radical (unpaired) electrons. The van der Waals surface area contributed by atoms with E-state index >= 15 is 0 Å². The van der Waals surface area contributed by atoms with E-state index in [9.17, 15) is 22.0 Å². The fourth-order valence-electron chi connectivity index (χ4n) is 2.56. The summed E-state index contributed by atoms with van der Waals surface area (Å²) >= 11 is 0. The normalized spacial score (nSPS) is 12.7. The van der Waals surface area contributed by atoms with Gasteiger partial charge >= 0.3 is 0 Å². The number of carbonyl (C=O) groups is 1. The lowest BCUT2D eigenvalue weighted by molar-refractivity contribution is -0.115. The fourth-order valence-corrected chi connectivity index (χ4v) is 3.49. The van der Waals surface area contributed by atoms with Gasteiger partial charge in [0.05, 0.1) is 24.2 Å². The highest BCUT2D eigenvalue weighted by Crippen LogP contribution is 2.28. The quantitative estimate of drug-likeness (QED) is 0.676. The molecule has 0 spiro atoms. The lowest BCUT2D eigenvalue weighted by Gasteiger charge is -2.17. The summed E-state index contributed by atoms with van der Waals surface area (Å²) in [6.07, 6.45) is 0. The maximum absolute atomic E-state index is 13.8. The summed E-state index contributed by atoms with van der Waals surface area (Å²) in [5.74, 6) is -1.60. The second-order valence-electron chi connectivity index (χ2n) is 6.47. The first-order valence-corrected chi connectivity index (χ1v) is 10.1. The summed E-state index contributed by atoms with van der Waals surface area (Å²) in [6, 6.07) is 6.78. The van der Waals surface area contributed by atoms with Gasteiger partial charge in [0.15, 0.2) is 0 Å². The molecule has 2 rings (SSSR count). The molecule has 0 aromatic heterocycles. The first-order valence-electron chi connectivity index (χ1n) is 8.65. The van der Waals surface area contributed by atoms with Crippen LogP contribution in [-0.4, -0.2) is 46.4 Å². The van der Waals surface area contributed by atoms with E-state index in [2.05, 4.69) is 10.6 Å². The number of amides is 1. The number of nitrogens with one attached hydrogen (secondary N) is 2. The van der Waals surface area contributed by atoms with E-state index in [1.54, 1.807) is 6.92 Å². The number of anilines is 1. The number of benzene rings is 2. The number of hydrogen-bond acceptors (Lipinski definition) is 5. The average Bonchev–Trinajstić information content (AvgIpc) is 2.65. The minimum atomic E-state index is -3.69. The van der Waals surface area contributed by atoms with Gasteiger partial charge in [-0.2, -0.15) is 0 Å². The first kappa shape index (κ1) is 22.7. The average molecular weight is 427 g/mol. The predicted octanol–water partition coefficient (Wildman–Crippen LogP) is 2.51. The van der Waals surface area contributed by atoms with Gasteiger partial charge in [0.2, 0.25) is 15.9 Å². The van der Waals surface area contributed by atoms with Crippen LogP contribution >= 0.6 is 0 Å². The van der Waals surface area contributed by atoms with Crippen molar-refractivity contribution in [2.75, 3.05) is 33.1 Å². The van der Waals surface area contributed by atoms with Gasteiger partial charge in [-0.15, -0.1) is 0 Å². The van der Waals surface area contributed by atoms with Crippen LogP contribution in [0.5, 0.6) is 5.75 Å². The third-order valence-corrected chi connectivity index (χ3v) is 6.03. The van der Waals surface area contributed by atoms with Crippen molar-refractivity contribution in [1.82, 2.24) is 9.62 Å². The van der Waals surface area contributed by atoms with Gasteiger partial charge in [-0.25, -0.2) is 21.5 Å². The van der Waals surface area contributed by atoms with Crippen molar-refractivity contribution >= 4 is 21.6 Å². The van der Waals surface area contributed by atoms with Gasteiger partial charge in [0.25, 0.3) is 0 Å². The molecule has 158 valence electrons. The number of carbonyl (C=O) groups excluding carboxylic acids is 1. The predicted molar refractivity (Wildman–Crippen MR) is 105 cm³/mol. The van der Waals surface area contributed by atoms with E-state index in [1.807, 2.05) is 0 Å². The molecular formula is C19H23F2N3O4S. The van der Waals surface area contributed by atoms with Crippen molar-refractivity contribution in [2.24, 2.45) is 0 Å². The Morgan fingerprint density at radius 2 is 1.86 bits per heavy atom. The Morgan fingerprint density at radius 3 is 2.45 bits per heavy atom. The Bertz CT molecular complexity index is 997. The van der Waals surface area contributed by atoms with Crippen LogP contribution in [0.2, 0.25) is 0 Å². The maximum Gasteiger partial charge on any atom is 0.242 e. The highest BCUT2D eigenvalue weighted by Gasteiger charge is 2.20. The molecule has 1 amide bonds. The molecule has 0 saturated carbocycles. The molecule has 10 heteroatoms. The lowest BCUT2D eigenvalue weighted by atomic mass is 10.1. The molecular weight excluding hydrogens is 404 g/mol. The van der Waals surface area contributed by atoms with E-state index in [0.29, 0.717) is 0 Å². The van der Waals surface area contributed by atoms with Crippen LogP contribution in [0.25, 0.3) is 0 Å². The van der Waals surface area contributed by atoms with Crippen LogP contribution in [0.15, 0.2) is 41.3 Å². The molecule has 0 aliphatic carbocycles. The molecule has 0 saturated heterocycles. The Balaban J connectivity index is 2.11. The number of halogens is 2. The molecule has 2 N–H and O–H groups in total. The summed E-state index contributed by atoms with van der Waals surface area (Å²) in [4.78, 5) is 12.3. The lowest BCUT2D eigenvalue weighted by Crippen LogP contribution is -2.30. The van der Waals surface area contributed by atoms with Crippen molar-refractivity contribution in [3.63, 3.8) is 0 Å². The van der Waals surface area contributed by atoms with E-state index in [-0.39, 0.29) is 28.4 Å². The number of hydrogen-bond donors (Lipinski definition) is 2. The molecule has 0 fully saturated rings. The maximum atomic E-state index is 13.8. The monoisotopic (exact) mass is 427 g/mol. The Morgan fingerprint density at radius 1 is 1.17 bits per heavy atom. The van der Waals surface area contributed by atoms with Gasteiger partial charge in [-0.1, -0.05) is 6.07 Å². The summed E-state index contributed by atoms with van der Waals surface area (Å²) in [5, 5.41) is 5.42. The minimum absolute atomic E-state index is 0.00619. The van der Waals surface area contributed by atoms with Crippen LogP contribution in [0.4, 0.5) is 14.5 Å². The third-order valence-electron chi connectivity index (χ3n) is 4.22. The van der Waals surface area contributed by atoms with E-state index in [1.165, 1.54) is 45.5 Å². The molecule has 1 unspecified atom stereocenters. The van der Waals surface area contributed by atoms with E-state index in [0.717, 1.165) is 16.4 Å². The zero-order valence-electron chi connectivity index (χ0n) is 16.5. The van der Waals surface area contributed by atoms with Gasteiger partial charge in [0.1, 0.15) is 17.4 Å². The van der Waals surface area contributed by atoms with Crippen molar-refractivity contribution in [1.29, 1.82) is 0 Å². The molecule has 7 nitrogen and oxygen atoms in total. The largest absolute Gasteiger partial charge is 0.495 e. The van der Waals surface area contributed by atoms with Crippen molar-refractivity contribution in [3.8, 4) is 5.75 Å². The number of ether oxygens (including phenoxy) is 1. The molecule has 29 heavy (non-hydrogen) atoms. The molecule has 1 atom stereocenters. The highest BCUT2D eigenvalue weighted by molar-refractivity contribution is 7.89. The van der Waals surface area contributed by atoms with Crippen molar-refractivity contribution in [2.45, 2.75) is 17.9 Å². The molecule has 0 aliphatic heterocycles. The summed E-state index contributed by atoms with van der Waals surface area (Å²) in [5.41, 5.74) is 0.402. The molecule has 0 bridgehead atoms. The fraction of sp³-hybridized carbons (Fsp3) is 0.316. The number of rotatable bonds is 8. The van der Waals surface area contributed by atoms with Gasteiger partial charge in [0, 0.05) is 31.8 Å². The van der Waals surface area contributed by atoms with Crippen LogP contribution < -0.4 is 15.4 Å². The smallest absolute Gasteiger partial charge is 0.242 e. The summed E-state index contributed by atoms with van der Waals surface area (Å²) in [6.45, 7) is 1.44. The van der Waals surface area contributed by atoms with Crippen molar-refractivity contribution < 1.29 is 26.7 Å². The second-order valence-corrected chi connectivity index (χ2v) is 8.62. The van der Waals surface area contributed by atoms with Crippen LogP contribution in [-0.2, 0) is 14.8 Å². The third kappa shape index (κ3) is 5.49. The topological polar surface area (TPSA) is 87.7 Å². The van der Waals surface area contributed by atoms with E-state index < -0.39 is 33.6 Å². The first-order chi connectivity index (χ1) is 13.6. The van der Waals surface area contributed by atoms with Gasteiger partial charge < -0.3 is 15.4 Å². The number of nitrogens with zero attached hydrogens (tertiary/aromatic N) is 1. The van der Waals surface area contributed by atoms with Crippen LogP contribution in [0, 0.1) is 11.6 Å². The Hall–Kier alpha value is -2.56. The molecule has 2 aromatic carbocycles. The SMILES string of the molecule is COc1ccc(S(=O)(=O)N(C)C)cc1NC(=O)CNC(C)c1ccc(F)cc1F. The Kier molecular flexibility index (Phi) is 7.28. The van der Waals surface area contributed by atoms with Crippen LogP contribution in [0.3, 0.4) is 0 Å². The number of methoxy groups -OCH3 is 1. The summed E-state index contributed by atoms with van der Waals surface area (Å²) < 4.78 is 57.7. The Labute approximate surface area is 168 Å².